The zero-order valence-corrected chi connectivity index (χ0v) is 19.3. The Bertz CT molecular complexity index is 1210. The van der Waals surface area contributed by atoms with Gasteiger partial charge < -0.3 is 25.4 Å². The standard InChI is InChI=1S/C24H27F2N5O3/c1-13(15-8-16(22(25)26)10-17(27)9-15)28-23-18-12-21(33-3)19(11-20(18)29-14(2)30-23)24(32)31-4-6-34-7-5-31/h8-13,22H,4-7,27H2,1-3H3,(H,28,29,30). The van der Waals surface area contributed by atoms with Crippen molar-refractivity contribution < 1.29 is 23.0 Å². The lowest BCUT2D eigenvalue weighted by atomic mass is 10.0. The molecule has 0 bridgehead atoms. The molecule has 1 aliphatic heterocycles. The quantitative estimate of drug-likeness (QED) is 0.522. The fourth-order valence-corrected chi connectivity index (χ4v) is 4.02. The molecule has 34 heavy (non-hydrogen) atoms. The van der Waals surface area contributed by atoms with E-state index < -0.39 is 6.43 Å². The van der Waals surface area contributed by atoms with Crippen LogP contribution in [0.2, 0.25) is 0 Å². The number of carbonyl (C=O) groups excluding carboxylic acids is 1. The fourth-order valence-electron chi connectivity index (χ4n) is 4.02. The van der Waals surface area contributed by atoms with Crippen molar-refractivity contribution in [2.24, 2.45) is 0 Å². The average molecular weight is 472 g/mol. The third kappa shape index (κ3) is 4.86. The molecular formula is C24H27F2N5O3. The summed E-state index contributed by atoms with van der Waals surface area (Å²) >= 11 is 0. The molecule has 0 spiro atoms. The highest BCUT2D eigenvalue weighted by atomic mass is 19.3. The molecule has 1 saturated heterocycles. The smallest absolute Gasteiger partial charge is 0.263 e. The van der Waals surface area contributed by atoms with Gasteiger partial charge in [-0.15, -0.1) is 0 Å². The van der Waals surface area contributed by atoms with Crippen LogP contribution < -0.4 is 15.8 Å². The summed E-state index contributed by atoms with van der Waals surface area (Å²) in [5.41, 5.74) is 7.55. The molecule has 3 aromatic rings. The molecule has 1 atom stereocenters. The SMILES string of the molecule is COc1cc2c(NC(C)c3cc(N)cc(C(F)F)c3)nc(C)nc2cc1C(=O)N1CCOCC1. The molecule has 0 saturated carbocycles. The summed E-state index contributed by atoms with van der Waals surface area (Å²) in [5, 5.41) is 3.92. The van der Waals surface area contributed by atoms with Crippen molar-refractivity contribution in [2.75, 3.05) is 44.5 Å². The number of hydrogen-bond donors (Lipinski definition) is 2. The van der Waals surface area contributed by atoms with Gasteiger partial charge in [0, 0.05) is 29.7 Å². The summed E-state index contributed by atoms with van der Waals surface area (Å²) in [7, 11) is 1.50. The number of fused-ring (bicyclic) bond motifs is 1. The molecule has 1 aromatic heterocycles. The van der Waals surface area contributed by atoms with E-state index in [4.69, 9.17) is 15.2 Å². The molecule has 1 aliphatic rings. The number of halogens is 2. The zero-order chi connectivity index (χ0) is 24.4. The van der Waals surface area contributed by atoms with Gasteiger partial charge in [-0.1, -0.05) is 0 Å². The van der Waals surface area contributed by atoms with Gasteiger partial charge in [-0.25, -0.2) is 18.7 Å². The number of morpholine rings is 1. The predicted octanol–water partition coefficient (Wildman–Crippen LogP) is 4.11. The number of nitrogens with one attached hydrogen (secondary N) is 1. The highest BCUT2D eigenvalue weighted by Gasteiger charge is 2.24. The summed E-state index contributed by atoms with van der Waals surface area (Å²) in [4.78, 5) is 23.9. The Balaban J connectivity index is 1.72. The highest BCUT2D eigenvalue weighted by Crippen LogP contribution is 2.33. The Labute approximate surface area is 196 Å². The molecule has 0 aliphatic carbocycles. The van der Waals surface area contributed by atoms with E-state index in [1.54, 1.807) is 30.0 Å². The van der Waals surface area contributed by atoms with Gasteiger partial charge in [0.15, 0.2) is 0 Å². The van der Waals surface area contributed by atoms with Crippen LogP contribution in [0.3, 0.4) is 0 Å². The molecule has 0 radical (unpaired) electrons. The van der Waals surface area contributed by atoms with E-state index in [1.165, 1.54) is 19.2 Å². The summed E-state index contributed by atoms with van der Waals surface area (Å²) in [5.74, 6) is 1.24. The van der Waals surface area contributed by atoms with Crippen molar-refractivity contribution in [1.82, 2.24) is 14.9 Å². The van der Waals surface area contributed by atoms with Gasteiger partial charge >= 0.3 is 0 Å². The molecule has 8 nitrogen and oxygen atoms in total. The van der Waals surface area contributed by atoms with Crippen LogP contribution in [0.25, 0.3) is 10.9 Å². The zero-order valence-electron chi connectivity index (χ0n) is 19.3. The average Bonchev–Trinajstić information content (AvgIpc) is 2.82. The van der Waals surface area contributed by atoms with Gasteiger partial charge in [0.05, 0.1) is 37.4 Å². The van der Waals surface area contributed by atoms with Crippen LogP contribution >= 0.6 is 0 Å². The number of aromatic nitrogens is 2. The molecular weight excluding hydrogens is 444 g/mol. The molecule has 1 unspecified atom stereocenters. The minimum absolute atomic E-state index is 0.139. The Morgan fingerprint density at radius 2 is 1.85 bits per heavy atom. The first-order valence-corrected chi connectivity index (χ1v) is 10.9. The number of nitrogens with zero attached hydrogens (tertiary/aromatic N) is 3. The van der Waals surface area contributed by atoms with Crippen LogP contribution in [-0.2, 0) is 4.74 Å². The lowest BCUT2D eigenvalue weighted by Gasteiger charge is -2.27. The Morgan fingerprint density at radius 1 is 1.15 bits per heavy atom. The van der Waals surface area contributed by atoms with Crippen molar-refractivity contribution in [3.63, 3.8) is 0 Å². The van der Waals surface area contributed by atoms with Gasteiger partial charge in [0.25, 0.3) is 12.3 Å². The first-order valence-electron chi connectivity index (χ1n) is 10.9. The van der Waals surface area contributed by atoms with Crippen molar-refractivity contribution in [3.05, 3.63) is 52.8 Å². The molecule has 1 amide bonds. The van der Waals surface area contributed by atoms with Crippen molar-refractivity contribution >= 4 is 28.3 Å². The minimum atomic E-state index is -2.62. The van der Waals surface area contributed by atoms with E-state index >= 15 is 0 Å². The van der Waals surface area contributed by atoms with E-state index in [2.05, 4.69) is 15.3 Å². The highest BCUT2D eigenvalue weighted by molar-refractivity contribution is 6.02. The van der Waals surface area contributed by atoms with Crippen LogP contribution in [-0.4, -0.2) is 54.2 Å². The van der Waals surface area contributed by atoms with Gasteiger partial charge in [-0.05, 0) is 49.7 Å². The molecule has 180 valence electrons. The maximum Gasteiger partial charge on any atom is 0.263 e. The molecule has 1 fully saturated rings. The monoisotopic (exact) mass is 471 g/mol. The van der Waals surface area contributed by atoms with Crippen LogP contribution in [0, 0.1) is 6.92 Å². The van der Waals surface area contributed by atoms with Gasteiger partial charge in [-0.2, -0.15) is 0 Å². The second-order valence-electron chi connectivity index (χ2n) is 8.19. The second kappa shape index (κ2) is 9.76. The second-order valence-corrected chi connectivity index (χ2v) is 8.19. The van der Waals surface area contributed by atoms with E-state index in [9.17, 15) is 13.6 Å². The number of carbonyl (C=O) groups is 1. The third-order valence-corrected chi connectivity index (χ3v) is 5.76. The number of alkyl halides is 2. The fraction of sp³-hybridized carbons (Fsp3) is 0.375. The number of amides is 1. The summed E-state index contributed by atoms with van der Waals surface area (Å²) in [6.07, 6.45) is -2.62. The number of nitrogens with two attached hydrogens (primary N) is 1. The Kier molecular flexibility index (Phi) is 6.78. The third-order valence-electron chi connectivity index (χ3n) is 5.76. The van der Waals surface area contributed by atoms with Crippen LogP contribution in [0.15, 0.2) is 30.3 Å². The van der Waals surface area contributed by atoms with Crippen LogP contribution in [0.5, 0.6) is 5.75 Å². The topological polar surface area (TPSA) is 103 Å². The van der Waals surface area contributed by atoms with Crippen molar-refractivity contribution in [1.29, 1.82) is 0 Å². The van der Waals surface area contributed by atoms with Crippen LogP contribution in [0.4, 0.5) is 20.3 Å². The van der Waals surface area contributed by atoms with Crippen molar-refractivity contribution in [3.8, 4) is 5.75 Å². The number of rotatable bonds is 6. The molecule has 10 heteroatoms. The summed E-state index contributed by atoms with van der Waals surface area (Å²) in [6.45, 7) is 5.58. The molecule has 4 rings (SSSR count). The number of nitrogen functional groups attached to an aromatic ring is 1. The van der Waals surface area contributed by atoms with E-state index in [0.29, 0.717) is 65.7 Å². The summed E-state index contributed by atoms with van der Waals surface area (Å²) in [6, 6.07) is 7.39. The largest absolute Gasteiger partial charge is 0.496 e. The Morgan fingerprint density at radius 3 is 2.53 bits per heavy atom. The predicted molar refractivity (Wildman–Crippen MR) is 125 cm³/mol. The first-order chi connectivity index (χ1) is 16.3. The maximum atomic E-state index is 13.3. The van der Waals surface area contributed by atoms with Crippen molar-refractivity contribution in [2.45, 2.75) is 26.3 Å². The molecule has 2 aromatic carbocycles. The van der Waals surface area contributed by atoms with Gasteiger partial charge in [0.1, 0.15) is 17.4 Å². The first kappa shape index (κ1) is 23.6. The number of hydrogen-bond acceptors (Lipinski definition) is 7. The molecule has 3 N–H and O–H groups in total. The number of aryl methyl sites for hydroxylation is 1. The number of methoxy groups -OCH3 is 1. The van der Waals surface area contributed by atoms with Gasteiger partial charge in [-0.3, -0.25) is 4.79 Å². The number of anilines is 2. The molecule has 2 heterocycles. The lowest BCUT2D eigenvalue weighted by molar-refractivity contribution is 0.0301. The van der Waals surface area contributed by atoms with Crippen LogP contribution in [0.1, 0.15) is 46.7 Å². The van der Waals surface area contributed by atoms with E-state index in [0.717, 1.165) is 0 Å². The van der Waals surface area contributed by atoms with E-state index in [-0.39, 0.29) is 23.2 Å². The normalized spacial score (nSPS) is 14.9. The number of benzene rings is 2. The minimum Gasteiger partial charge on any atom is -0.496 e. The van der Waals surface area contributed by atoms with Gasteiger partial charge in [0.2, 0.25) is 0 Å². The maximum absolute atomic E-state index is 13.3. The Hall–Kier alpha value is -3.53. The van der Waals surface area contributed by atoms with E-state index in [1.807, 2.05) is 6.92 Å². The lowest BCUT2D eigenvalue weighted by Crippen LogP contribution is -2.40. The number of ether oxygens (including phenoxy) is 2. The summed E-state index contributed by atoms with van der Waals surface area (Å²) < 4.78 is 37.4.